The van der Waals surface area contributed by atoms with Gasteiger partial charge in [-0.15, -0.1) is 0 Å². The van der Waals surface area contributed by atoms with Crippen LogP contribution in [0.2, 0.25) is 0 Å². The molecule has 0 radical (unpaired) electrons. The van der Waals surface area contributed by atoms with E-state index < -0.39 is 0 Å². The molecule has 1 unspecified atom stereocenters. The number of fused-ring (bicyclic) bond motifs is 1. The summed E-state index contributed by atoms with van der Waals surface area (Å²) in [6, 6.07) is 5.35. The first-order valence-electron chi connectivity index (χ1n) is 7.16. The summed E-state index contributed by atoms with van der Waals surface area (Å²) in [4.78, 5) is 11.9. The lowest BCUT2D eigenvalue weighted by Crippen LogP contribution is -2.36. The topological polar surface area (TPSA) is 59.6 Å². The van der Waals surface area contributed by atoms with E-state index >= 15 is 0 Å². The van der Waals surface area contributed by atoms with Crippen LogP contribution in [-0.4, -0.2) is 18.9 Å². The summed E-state index contributed by atoms with van der Waals surface area (Å²) in [5.74, 6) is 1.38. The minimum atomic E-state index is -0.187. The summed E-state index contributed by atoms with van der Waals surface area (Å²) >= 11 is 0. The van der Waals surface area contributed by atoms with E-state index in [0.29, 0.717) is 17.2 Å². The van der Waals surface area contributed by atoms with Crippen molar-refractivity contribution < 1.29 is 14.3 Å². The number of anilines is 1. The first-order valence-corrected chi connectivity index (χ1v) is 7.16. The van der Waals surface area contributed by atoms with Gasteiger partial charge in [0.05, 0.1) is 0 Å². The molecule has 5 heteroatoms. The van der Waals surface area contributed by atoms with Gasteiger partial charge in [-0.1, -0.05) is 26.2 Å². The van der Waals surface area contributed by atoms with Crippen LogP contribution >= 0.6 is 0 Å². The number of hydrogen-bond acceptors (Lipinski definition) is 3. The summed E-state index contributed by atoms with van der Waals surface area (Å²) in [5, 5.41) is 5.74. The molecule has 0 aromatic heterocycles. The summed E-state index contributed by atoms with van der Waals surface area (Å²) in [6.07, 6.45) is 4.54. The molecule has 0 bridgehead atoms. The van der Waals surface area contributed by atoms with Crippen LogP contribution in [0.4, 0.5) is 10.5 Å². The quantitative estimate of drug-likeness (QED) is 0.783. The maximum Gasteiger partial charge on any atom is 0.319 e. The zero-order valence-corrected chi connectivity index (χ0v) is 12.1. The minimum Gasteiger partial charge on any atom is -0.454 e. The third-order valence-corrected chi connectivity index (χ3v) is 3.25. The maximum atomic E-state index is 11.9. The van der Waals surface area contributed by atoms with Crippen molar-refractivity contribution >= 4 is 11.7 Å². The van der Waals surface area contributed by atoms with Crippen molar-refractivity contribution in [2.75, 3.05) is 12.1 Å². The maximum absolute atomic E-state index is 11.9. The van der Waals surface area contributed by atoms with E-state index in [1.165, 1.54) is 12.8 Å². The van der Waals surface area contributed by atoms with Crippen LogP contribution in [0, 0.1) is 0 Å². The molecule has 0 saturated carbocycles. The highest BCUT2D eigenvalue weighted by molar-refractivity contribution is 5.89. The molecule has 1 heterocycles. The lowest BCUT2D eigenvalue weighted by Gasteiger charge is -2.14. The fraction of sp³-hybridized carbons (Fsp3) is 0.533. The van der Waals surface area contributed by atoms with E-state index in [1.807, 2.05) is 6.92 Å². The van der Waals surface area contributed by atoms with E-state index in [1.54, 1.807) is 18.2 Å². The summed E-state index contributed by atoms with van der Waals surface area (Å²) < 4.78 is 10.5. The molecule has 0 fully saturated rings. The van der Waals surface area contributed by atoms with Gasteiger partial charge in [-0.25, -0.2) is 4.79 Å². The first-order chi connectivity index (χ1) is 9.69. The van der Waals surface area contributed by atoms with Crippen molar-refractivity contribution in [3.05, 3.63) is 18.2 Å². The van der Waals surface area contributed by atoms with Gasteiger partial charge >= 0.3 is 6.03 Å². The van der Waals surface area contributed by atoms with Gasteiger partial charge in [0.25, 0.3) is 0 Å². The molecule has 0 spiro atoms. The third kappa shape index (κ3) is 4.05. The molecule has 5 nitrogen and oxygen atoms in total. The van der Waals surface area contributed by atoms with E-state index in [0.717, 1.165) is 12.8 Å². The summed E-state index contributed by atoms with van der Waals surface area (Å²) in [7, 11) is 0. The van der Waals surface area contributed by atoms with Crippen molar-refractivity contribution in [3.63, 3.8) is 0 Å². The molecule has 0 saturated heterocycles. The van der Waals surface area contributed by atoms with Gasteiger partial charge < -0.3 is 20.1 Å². The molecule has 1 aromatic rings. The molecule has 110 valence electrons. The Bertz CT molecular complexity index is 462. The van der Waals surface area contributed by atoms with Gasteiger partial charge in [-0.05, 0) is 25.5 Å². The van der Waals surface area contributed by atoms with Gasteiger partial charge in [-0.3, -0.25) is 0 Å². The number of benzene rings is 1. The van der Waals surface area contributed by atoms with E-state index in [2.05, 4.69) is 17.6 Å². The van der Waals surface area contributed by atoms with Crippen molar-refractivity contribution in [3.8, 4) is 11.5 Å². The van der Waals surface area contributed by atoms with Crippen molar-refractivity contribution in [1.29, 1.82) is 0 Å². The second-order valence-corrected chi connectivity index (χ2v) is 5.06. The van der Waals surface area contributed by atoms with Gasteiger partial charge in [0.2, 0.25) is 6.79 Å². The van der Waals surface area contributed by atoms with Crippen LogP contribution < -0.4 is 20.1 Å². The second kappa shape index (κ2) is 7.03. The Morgan fingerprint density at radius 3 is 2.90 bits per heavy atom. The van der Waals surface area contributed by atoms with Crippen LogP contribution in [0.25, 0.3) is 0 Å². The number of carbonyl (C=O) groups excluding carboxylic acids is 1. The predicted octanol–water partition coefficient (Wildman–Crippen LogP) is 3.51. The smallest absolute Gasteiger partial charge is 0.319 e. The zero-order valence-electron chi connectivity index (χ0n) is 12.1. The number of hydrogen-bond donors (Lipinski definition) is 2. The molecule has 2 rings (SSSR count). The number of ether oxygens (including phenoxy) is 2. The second-order valence-electron chi connectivity index (χ2n) is 5.06. The molecular weight excluding hydrogens is 256 g/mol. The Hall–Kier alpha value is -1.91. The third-order valence-electron chi connectivity index (χ3n) is 3.25. The highest BCUT2D eigenvalue weighted by Gasteiger charge is 2.14. The van der Waals surface area contributed by atoms with Gasteiger partial charge in [-0.2, -0.15) is 0 Å². The number of rotatable bonds is 6. The highest BCUT2D eigenvalue weighted by Crippen LogP contribution is 2.34. The Morgan fingerprint density at radius 2 is 2.10 bits per heavy atom. The van der Waals surface area contributed by atoms with Crippen LogP contribution in [-0.2, 0) is 0 Å². The van der Waals surface area contributed by atoms with E-state index in [9.17, 15) is 4.79 Å². The monoisotopic (exact) mass is 278 g/mol. The number of amides is 2. The molecular formula is C15H22N2O3. The normalized spacial score (nSPS) is 13.9. The lowest BCUT2D eigenvalue weighted by molar-refractivity contribution is 0.174. The average Bonchev–Trinajstić information content (AvgIpc) is 2.86. The lowest BCUT2D eigenvalue weighted by atomic mass is 10.1. The number of carbonyl (C=O) groups is 1. The van der Waals surface area contributed by atoms with Crippen LogP contribution in [0.3, 0.4) is 0 Å². The molecule has 20 heavy (non-hydrogen) atoms. The molecule has 0 aliphatic carbocycles. The van der Waals surface area contributed by atoms with Crippen LogP contribution in [0.5, 0.6) is 11.5 Å². The molecule has 2 amide bonds. The van der Waals surface area contributed by atoms with Crippen molar-refractivity contribution in [2.45, 2.75) is 45.6 Å². The van der Waals surface area contributed by atoms with Crippen LogP contribution in [0.15, 0.2) is 18.2 Å². The fourth-order valence-corrected chi connectivity index (χ4v) is 2.14. The summed E-state index contributed by atoms with van der Waals surface area (Å²) in [6.45, 7) is 4.43. The number of nitrogens with one attached hydrogen (secondary N) is 2. The average molecular weight is 278 g/mol. The van der Waals surface area contributed by atoms with Crippen molar-refractivity contribution in [2.24, 2.45) is 0 Å². The largest absolute Gasteiger partial charge is 0.454 e. The standard InChI is InChI=1S/C15H22N2O3/c1-3-4-5-6-11(2)16-15(18)17-12-7-8-13-14(9-12)20-10-19-13/h7-9,11H,3-6,10H2,1-2H3,(H2,16,17,18). The number of urea groups is 1. The van der Waals surface area contributed by atoms with E-state index in [-0.39, 0.29) is 18.9 Å². The molecule has 1 aliphatic heterocycles. The van der Waals surface area contributed by atoms with Crippen LogP contribution in [0.1, 0.15) is 39.5 Å². The van der Waals surface area contributed by atoms with Gasteiger partial charge in [0.15, 0.2) is 11.5 Å². The van der Waals surface area contributed by atoms with Gasteiger partial charge in [0, 0.05) is 17.8 Å². The molecule has 2 N–H and O–H groups in total. The molecule has 1 aromatic carbocycles. The Kier molecular flexibility index (Phi) is 5.09. The zero-order chi connectivity index (χ0) is 14.4. The fourth-order valence-electron chi connectivity index (χ4n) is 2.14. The van der Waals surface area contributed by atoms with Crippen molar-refractivity contribution in [1.82, 2.24) is 5.32 Å². The Labute approximate surface area is 119 Å². The molecule has 1 atom stereocenters. The highest BCUT2D eigenvalue weighted by atomic mass is 16.7. The van der Waals surface area contributed by atoms with E-state index in [4.69, 9.17) is 9.47 Å². The summed E-state index contributed by atoms with van der Waals surface area (Å²) in [5.41, 5.74) is 0.701. The predicted molar refractivity (Wildman–Crippen MR) is 78.3 cm³/mol. The minimum absolute atomic E-state index is 0.176. The first kappa shape index (κ1) is 14.5. The number of unbranched alkanes of at least 4 members (excludes halogenated alkanes) is 2. The van der Waals surface area contributed by atoms with Gasteiger partial charge in [0.1, 0.15) is 0 Å². The Balaban J connectivity index is 1.79. The SMILES string of the molecule is CCCCCC(C)NC(=O)Nc1ccc2c(c1)OCO2. The molecule has 1 aliphatic rings. The Morgan fingerprint density at radius 1 is 1.30 bits per heavy atom.